The molecule has 1 unspecified atom stereocenters. The lowest BCUT2D eigenvalue weighted by atomic mass is 10.0. The van der Waals surface area contributed by atoms with Gasteiger partial charge in [-0.2, -0.15) is 0 Å². The Labute approximate surface area is 118 Å². The van der Waals surface area contributed by atoms with Crippen LogP contribution in [0.1, 0.15) is 38.4 Å². The van der Waals surface area contributed by atoms with E-state index in [1.54, 1.807) is 6.26 Å². The van der Waals surface area contributed by atoms with Crippen LogP contribution < -0.4 is 5.32 Å². The molecule has 4 heteroatoms. The molecule has 3 nitrogen and oxygen atoms in total. The fourth-order valence-electron chi connectivity index (χ4n) is 2.55. The number of furan rings is 1. The van der Waals surface area contributed by atoms with Crippen LogP contribution in [0, 0.1) is 0 Å². The molecule has 2 rings (SSSR count). The molecule has 102 valence electrons. The average Bonchev–Trinajstić information content (AvgIpc) is 2.77. The predicted octanol–water partition coefficient (Wildman–Crippen LogP) is 3.40. The lowest BCUT2D eigenvalue weighted by Gasteiger charge is -2.33. The highest BCUT2D eigenvalue weighted by Crippen LogP contribution is 2.17. The average molecular weight is 315 g/mol. The number of halogens is 1. The van der Waals surface area contributed by atoms with Gasteiger partial charge in [0.25, 0.3) is 0 Å². The Kier molecular flexibility index (Phi) is 5.73. The smallest absolute Gasteiger partial charge is 0.131 e. The van der Waals surface area contributed by atoms with Crippen molar-refractivity contribution in [3.63, 3.8) is 0 Å². The number of nitrogens with zero attached hydrogens (tertiary/aromatic N) is 1. The van der Waals surface area contributed by atoms with Gasteiger partial charge in [-0.1, -0.05) is 6.42 Å². The molecule has 2 heterocycles. The first-order valence-corrected chi connectivity index (χ1v) is 7.73. The molecule has 1 aromatic rings. The summed E-state index contributed by atoms with van der Waals surface area (Å²) in [4.78, 5) is 2.62. The molecule has 1 aliphatic heterocycles. The van der Waals surface area contributed by atoms with Gasteiger partial charge in [0.1, 0.15) is 5.76 Å². The van der Waals surface area contributed by atoms with Gasteiger partial charge in [0.05, 0.1) is 17.3 Å². The van der Waals surface area contributed by atoms with Crippen LogP contribution in [-0.2, 0) is 6.54 Å². The molecular weight excluding hydrogens is 292 g/mol. The van der Waals surface area contributed by atoms with E-state index in [1.165, 1.54) is 38.8 Å². The van der Waals surface area contributed by atoms with Crippen LogP contribution >= 0.6 is 15.9 Å². The van der Waals surface area contributed by atoms with E-state index in [1.807, 2.05) is 6.07 Å². The van der Waals surface area contributed by atoms with Crippen molar-refractivity contribution >= 4 is 15.9 Å². The summed E-state index contributed by atoms with van der Waals surface area (Å²) in [5, 5.41) is 3.43. The third-order valence-corrected chi connectivity index (χ3v) is 4.42. The molecule has 0 aliphatic carbocycles. The molecule has 0 spiro atoms. The lowest BCUT2D eigenvalue weighted by molar-refractivity contribution is 0.159. The van der Waals surface area contributed by atoms with E-state index in [0.29, 0.717) is 0 Å². The Morgan fingerprint density at radius 3 is 3.11 bits per heavy atom. The maximum atomic E-state index is 5.36. The highest BCUT2D eigenvalue weighted by atomic mass is 79.9. The Morgan fingerprint density at radius 2 is 2.39 bits per heavy atom. The summed E-state index contributed by atoms with van der Waals surface area (Å²) in [6.07, 6.45) is 7.07. The summed E-state index contributed by atoms with van der Waals surface area (Å²) >= 11 is 3.46. The molecule has 0 saturated carbocycles. The SMILES string of the molecule is CC1CCCCN1CCCNCc1occc1Br. The Morgan fingerprint density at radius 1 is 1.50 bits per heavy atom. The van der Waals surface area contributed by atoms with Crippen LogP contribution in [0.4, 0.5) is 0 Å². The molecule has 18 heavy (non-hydrogen) atoms. The fourth-order valence-corrected chi connectivity index (χ4v) is 2.89. The molecule has 1 aliphatic rings. The summed E-state index contributed by atoms with van der Waals surface area (Å²) in [5.74, 6) is 0.987. The van der Waals surface area contributed by atoms with Crippen molar-refractivity contribution in [3.05, 3.63) is 22.6 Å². The summed E-state index contributed by atoms with van der Waals surface area (Å²) in [5.41, 5.74) is 0. The van der Waals surface area contributed by atoms with Gasteiger partial charge in [-0.05, 0) is 67.8 Å². The van der Waals surface area contributed by atoms with Crippen LogP contribution in [-0.4, -0.2) is 30.6 Å². The van der Waals surface area contributed by atoms with Crippen LogP contribution in [0.15, 0.2) is 21.2 Å². The number of likely N-dealkylation sites (tertiary alicyclic amines) is 1. The second-order valence-electron chi connectivity index (χ2n) is 5.10. The highest BCUT2D eigenvalue weighted by molar-refractivity contribution is 9.10. The van der Waals surface area contributed by atoms with Crippen molar-refractivity contribution in [2.45, 2.75) is 45.2 Å². The first-order valence-electron chi connectivity index (χ1n) is 6.94. The monoisotopic (exact) mass is 314 g/mol. The van der Waals surface area contributed by atoms with Gasteiger partial charge in [-0.25, -0.2) is 0 Å². The molecule has 0 amide bonds. The molecule has 0 bridgehead atoms. The van der Waals surface area contributed by atoms with E-state index >= 15 is 0 Å². The maximum absolute atomic E-state index is 5.36. The highest BCUT2D eigenvalue weighted by Gasteiger charge is 2.16. The van der Waals surface area contributed by atoms with Crippen LogP contribution in [0.2, 0.25) is 0 Å². The number of hydrogen-bond donors (Lipinski definition) is 1. The third kappa shape index (κ3) is 4.11. The second kappa shape index (κ2) is 7.31. The fraction of sp³-hybridized carbons (Fsp3) is 0.714. The second-order valence-corrected chi connectivity index (χ2v) is 5.96. The van der Waals surface area contributed by atoms with E-state index in [4.69, 9.17) is 4.42 Å². The minimum Gasteiger partial charge on any atom is -0.467 e. The van der Waals surface area contributed by atoms with Gasteiger partial charge < -0.3 is 14.6 Å². The van der Waals surface area contributed by atoms with Gasteiger partial charge in [-0.3, -0.25) is 0 Å². The standard InChI is InChI=1S/C14H23BrN2O/c1-12-5-2-3-8-17(12)9-4-7-16-11-14-13(15)6-10-18-14/h6,10,12,16H,2-5,7-9,11H2,1H3. The number of rotatable bonds is 6. The van der Waals surface area contributed by atoms with Crippen molar-refractivity contribution in [1.29, 1.82) is 0 Å². The van der Waals surface area contributed by atoms with Crippen molar-refractivity contribution < 1.29 is 4.42 Å². The summed E-state index contributed by atoms with van der Waals surface area (Å²) < 4.78 is 6.41. The molecule has 1 atom stereocenters. The van der Waals surface area contributed by atoms with Crippen molar-refractivity contribution in [2.24, 2.45) is 0 Å². The normalized spacial score (nSPS) is 21.3. The number of nitrogens with one attached hydrogen (secondary N) is 1. The third-order valence-electron chi connectivity index (χ3n) is 3.72. The van der Waals surface area contributed by atoms with E-state index in [-0.39, 0.29) is 0 Å². The summed E-state index contributed by atoms with van der Waals surface area (Å²) in [7, 11) is 0. The topological polar surface area (TPSA) is 28.4 Å². The number of piperidine rings is 1. The van der Waals surface area contributed by atoms with Gasteiger partial charge in [0.2, 0.25) is 0 Å². The molecule has 1 aromatic heterocycles. The first kappa shape index (κ1) is 14.1. The van der Waals surface area contributed by atoms with E-state index < -0.39 is 0 Å². The molecular formula is C14H23BrN2O. The van der Waals surface area contributed by atoms with Crippen LogP contribution in [0.25, 0.3) is 0 Å². The molecule has 0 radical (unpaired) electrons. The largest absolute Gasteiger partial charge is 0.467 e. The summed E-state index contributed by atoms with van der Waals surface area (Å²) in [6, 6.07) is 2.71. The quantitative estimate of drug-likeness (QED) is 0.816. The van der Waals surface area contributed by atoms with Gasteiger partial charge in [-0.15, -0.1) is 0 Å². The maximum Gasteiger partial charge on any atom is 0.131 e. The molecule has 1 saturated heterocycles. The zero-order chi connectivity index (χ0) is 12.8. The van der Waals surface area contributed by atoms with Gasteiger partial charge in [0.15, 0.2) is 0 Å². The van der Waals surface area contributed by atoms with E-state index in [0.717, 1.165) is 29.4 Å². The Bertz CT molecular complexity index is 353. The lowest BCUT2D eigenvalue weighted by Crippen LogP contribution is -2.38. The first-order chi connectivity index (χ1) is 8.77. The zero-order valence-corrected chi connectivity index (χ0v) is 12.7. The van der Waals surface area contributed by atoms with Gasteiger partial charge in [0, 0.05) is 6.04 Å². The van der Waals surface area contributed by atoms with Gasteiger partial charge >= 0.3 is 0 Å². The summed E-state index contributed by atoms with van der Waals surface area (Å²) in [6.45, 7) is 6.71. The van der Waals surface area contributed by atoms with E-state index in [2.05, 4.69) is 33.1 Å². The van der Waals surface area contributed by atoms with Crippen molar-refractivity contribution in [1.82, 2.24) is 10.2 Å². The molecule has 1 N–H and O–H groups in total. The Hall–Kier alpha value is -0.320. The minimum absolute atomic E-state index is 0.776. The van der Waals surface area contributed by atoms with Crippen molar-refractivity contribution in [3.8, 4) is 0 Å². The number of hydrogen-bond acceptors (Lipinski definition) is 3. The van der Waals surface area contributed by atoms with E-state index in [9.17, 15) is 0 Å². The molecule has 0 aromatic carbocycles. The van der Waals surface area contributed by atoms with Crippen LogP contribution in [0.3, 0.4) is 0 Å². The predicted molar refractivity (Wildman–Crippen MR) is 77.6 cm³/mol. The minimum atomic E-state index is 0.776. The van der Waals surface area contributed by atoms with Crippen LogP contribution in [0.5, 0.6) is 0 Å². The zero-order valence-electron chi connectivity index (χ0n) is 11.1. The van der Waals surface area contributed by atoms with Crippen molar-refractivity contribution in [2.75, 3.05) is 19.6 Å². The molecule has 1 fully saturated rings. The Balaban J connectivity index is 1.57.